The van der Waals surface area contributed by atoms with E-state index < -0.39 is 0 Å². The standard InChI is InChI=1S/C18H30N2O/c1-3-20(14-16-8-7-9-16)13-12-18(15-21,19-2)17-10-5-4-6-11-17/h4-6,10-11,16,19,21H,3,7-9,12-15H2,1-2H3. The fourth-order valence-electron chi connectivity index (χ4n) is 3.19. The maximum Gasteiger partial charge on any atom is 0.0678 e. The first-order valence-corrected chi connectivity index (χ1v) is 8.31. The van der Waals surface area contributed by atoms with Crippen LogP contribution in [0.25, 0.3) is 0 Å². The highest BCUT2D eigenvalue weighted by molar-refractivity contribution is 5.24. The van der Waals surface area contributed by atoms with Crippen LogP contribution in [0.2, 0.25) is 0 Å². The number of nitrogens with zero attached hydrogens (tertiary/aromatic N) is 1. The lowest BCUT2D eigenvalue weighted by molar-refractivity contribution is 0.125. The van der Waals surface area contributed by atoms with Gasteiger partial charge in [0.25, 0.3) is 0 Å². The van der Waals surface area contributed by atoms with Gasteiger partial charge in [0.1, 0.15) is 0 Å². The molecule has 21 heavy (non-hydrogen) atoms. The summed E-state index contributed by atoms with van der Waals surface area (Å²) in [5, 5.41) is 13.3. The third kappa shape index (κ3) is 4.06. The molecule has 3 nitrogen and oxygen atoms in total. The highest BCUT2D eigenvalue weighted by atomic mass is 16.3. The van der Waals surface area contributed by atoms with E-state index in [1.54, 1.807) is 0 Å². The lowest BCUT2D eigenvalue weighted by Gasteiger charge is -2.36. The van der Waals surface area contributed by atoms with E-state index in [1.807, 2.05) is 25.2 Å². The molecule has 0 bridgehead atoms. The molecule has 0 saturated heterocycles. The summed E-state index contributed by atoms with van der Waals surface area (Å²) in [5.74, 6) is 0.903. The van der Waals surface area contributed by atoms with E-state index in [0.29, 0.717) is 0 Å². The van der Waals surface area contributed by atoms with E-state index in [9.17, 15) is 5.11 Å². The molecule has 0 aromatic heterocycles. The van der Waals surface area contributed by atoms with Crippen molar-refractivity contribution in [1.29, 1.82) is 0 Å². The second-order valence-corrected chi connectivity index (χ2v) is 6.30. The van der Waals surface area contributed by atoms with Gasteiger partial charge in [0.05, 0.1) is 12.1 Å². The minimum atomic E-state index is -0.325. The van der Waals surface area contributed by atoms with Crippen molar-refractivity contribution in [2.24, 2.45) is 5.92 Å². The molecule has 1 aromatic rings. The number of aliphatic hydroxyl groups excluding tert-OH is 1. The summed E-state index contributed by atoms with van der Waals surface area (Å²) in [6.45, 7) is 5.71. The molecule has 3 heteroatoms. The summed E-state index contributed by atoms with van der Waals surface area (Å²) in [4.78, 5) is 2.54. The van der Waals surface area contributed by atoms with Crippen LogP contribution in [0.5, 0.6) is 0 Å². The molecule has 1 aliphatic rings. The van der Waals surface area contributed by atoms with Crippen LogP contribution < -0.4 is 5.32 Å². The van der Waals surface area contributed by atoms with Crippen molar-refractivity contribution in [1.82, 2.24) is 10.2 Å². The van der Waals surface area contributed by atoms with E-state index in [0.717, 1.165) is 25.4 Å². The lowest BCUT2D eigenvalue weighted by Crippen LogP contribution is -2.46. The average molecular weight is 290 g/mol. The van der Waals surface area contributed by atoms with Gasteiger partial charge in [-0.2, -0.15) is 0 Å². The van der Waals surface area contributed by atoms with Crippen LogP contribution in [0, 0.1) is 5.92 Å². The number of hydrogen-bond donors (Lipinski definition) is 2. The molecule has 118 valence electrons. The van der Waals surface area contributed by atoms with Gasteiger partial charge < -0.3 is 15.3 Å². The van der Waals surface area contributed by atoms with Crippen LogP contribution in [0.15, 0.2) is 30.3 Å². The van der Waals surface area contributed by atoms with Crippen LogP contribution in [0.4, 0.5) is 0 Å². The van der Waals surface area contributed by atoms with Gasteiger partial charge in [-0.05, 0) is 44.3 Å². The second kappa shape index (κ2) is 7.92. The van der Waals surface area contributed by atoms with Gasteiger partial charge in [-0.15, -0.1) is 0 Å². The molecule has 2 rings (SSSR count). The number of hydrogen-bond acceptors (Lipinski definition) is 3. The Balaban J connectivity index is 1.98. The van der Waals surface area contributed by atoms with E-state index in [1.165, 1.54) is 31.4 Å². The number of aliphatic hydroxyl groups is 1. The molecule has 1 aliphatic carbocycles. The molecule has 1 saturated carbocycles. The van der Waals surface area contributed by atoms with Crippen LogP contribution in [-0.2, 0) is 5.54 Å². The molecule has 0 amide bonds. The highest BCUT2D eigenvalue weighted by Gasteiger charge is 2.30. The maximum atomic E-state index is 9.97. The summed E-state index contributed by atoms with van der Waals surface area (Å²) in [7, 11) is 1.95. The normalized spacial score (nSPS) is 18.5. The third-order valence-electron chi connectivity index (χ3n) is 5.12. The number of rotatable bonds is 9. The van der Waals surface area contributed by atoms with Crippen molar-refractivity contribution in [3.05, 3.63) is 35.9 Å². The zero-order valence-corrected chi connectivity index (χ0v) is 13.5. The first-order valence-electron chi connectivity index (χ1n) is 8.31. The SMILES string of the molecule is CCN(CCC(CO)(NC)c1ccccc1)CC1CCC1. The van der Waals surface area contributed by atoms with Crippen molar-refractivity contribution in [3.63, 3.8) is 0 Å². The largest absolute Gasteiger partial charge is 0.394 e. The maximum absolute atomic E-state index is 9.97. The van der Waals surface area contributed by atoms with Gasteiger partial charge in [-0.25, -0.2) is 0 Å². The Hall–Kier alpha value is -0.900. The van der Waals surface area contributed by atoms with Crippen LogP contribution in [0.3, 0.4) is 0 Å². The van der Waals surface area contributed by atoms with E-state index in [-0.39, 0.29) is 12.1 Å². The predicted octanol–water partition coefficient (Wildman–Crippen LogP) is 2.61. The Morgan fingerprint density at radius 1 is 1.29 bits per heavy atom. The molecular formula is C18H30N2O. The number of benzene rings is 1. The molecule has 0 aliphatic heterocycles. The van der Waals surface area contributed by atoms with E-state index in [2.05, 4.69) is 29.3 Å². The first kappa shape index (κ1) is 16.5. The van der Waals surface area contributed by atoms with Crippen LogP contribution in [0.1, 0.15) is 38.2 Å². The van der Waals surface area contributed by atoms with Gasteiger partial charge in [0, 0.05) is 13.1 Å². The molecule has 1 atom stereocenters. The molecule has 2 N–H and O–H groups in total. The van der Waals surface area contributed by atoms with Crippen molar-refractivity contribution in [2.75, 3.05) is 33.3 Å². The number of nitrogens with one attached hydrogen (secondary N) is 1. The molecule has 1 unspecified atom stereocenters. The summed E-state index contributed by atoms with van der Waals surface area (Å²) in [6.07, 6.45) is 5.13. The van der Waals surface area contributed by atoms with E-state index >= 15 is 0 Å². The van der Waals surface area contributed by atoms with Crippen molar-refractivity contribution in [2.45, 2.75) is 38.1 Å². The fraction of sp³-hybridized carbons (Fsp3) is 0.667. The van der Waals surface area contributed by atoms with Gasteiger partial charge in [0.15, 0.2) is 0 Å². The summed E-state index contributed by atoms with van der Waals surface area (Å²) in [5.41, 5.74) is 0.851. The third-order valence-corrected chi connectivity index (χ3v) is 5.12. The van der Waals surface area contributed by atoms with Gasteiger partial charge in [0.2, 0.25) is 0 Å². The Morgan fingerprint density at radius 2 is 2.00 bits per heavy atom. The Labute approximate surface area is 129 Å². The zero-order chi connectivity index (χ0) is 15.1. The minimum Gasteiger partial charge on any atom is -0.394 e. The van der Waals surface area contributed by atoms with Gasteiger partial charge >= 0.3 is 0 Å². The van der Waals surface area contributed by atoms with Crippen LogP contribution >= 0.6 is 0 Å². The van der Waals surface area contributed by atoms with Gasteiger partial charge in [-0.3, -0.25) is 0 Å². The fourth-order valence-corrected chi connectivity index (χ4v) is 3.19. The Bertz CT molecular complexity index is 399. The van der Waals surface area contributed by atoms with Crippen molar-refractivity contribution in [3.8, 4) is 0 Å². The van der Waals surface area contributed by atoms with Gasteiger partial charge in [-0.1, -0.05) is 43.7 Å². The predicted molar refractivity (Wildman–Crippen MR) is 88.3 cm³/mol. The topological polar surface area (TPSA) is 35.5 Å². The summed E-state index contributed by atoms with van der Waals surface area (Å²) >= 11 is 0. The average Bonchev–Trinajstić information content (AvgIpc) is 2.51. The first-order chi connectivity index (χ1) is 10.2. The van der Waals surface area contributed by atoms with Crippen LogP contribution in [-0.4, -0.2) is 43.3 Å². The Kier molecular flexibility index (Phi) is 6.22. The highest BCUT2D eigenvalue weighted by Crippen LogP contribution is 2.28. The van der Waals surface area contributed by atoms with Crippen molar-refractivity contribution >= 4 is 0 Å². The Morgan fingerprint density at radius 3 is 2.48 bits per heavy atom. The second-order valence-electron chi connectivity index (χ2n) is 6.30. The smallest absolute Gasteiger partial charge is 0.0678 e. The number of likely N-dealkylation sites (N-methyl/N-ethyl adjacent to an activating group) is 1. The molecule has 0 radical (unpaired) electrons. The zero-order valence-electron chi connectivity index (χ0n) is 13.5. The summed E-state index contributed by atoms with van der Waals surface area (Å²) < 4.78 is 0. The van der Waals surface area contributed by atoms with E-state index in [4.69, 9.17) is 0 Å². The van der Waals surface area contributed by atoms with Crippen molar-refractivity contribution < 1.29 is 5.11 Å². The lowest BCUT2D eigenvalue weighted by atomic mass is 9.84. The molecular weight excluding hydrogens is 260 g/mol. The quantitative estimate of drug-likeness (QED) is 0.734. The molecule has 0 heterocycles. The molecule has 1 fully saturated rings. The minimum absolute atomic E-state index is 0.133. The summed E-state index contributed by atoms with van der Waals surface area (Å²) in [6, 6.07) is 10.3. The molecule has 0 spiro atoms. The molecule has 1 aromatic carbocycles. The monoisotopic (exact) mass is 290 g/mol.